The van der Waals surface area contributed by atoms with Crippen molar-refractivity contribution in [2.24, 2.45) is 0 Å². The molecule has 0 bridgehead atoms. The second-order valence-corrected chi connectivity index (χ2v) is 9.61. The minimum absolute atomic E-state index is 0.00649. The number of hydrogen-bond donors (Lipinski definition) is 2. The van der Waals surface area contributed by atoms with Gasteiger partial charge in [-0.05, 0) is 56.4 Å². The van der Waals surface area contributed by atoms with E-state index in [2.05, 4.69) is 20.7 Å². The number of nitrogens with zero attached hydrogens (tertiary/aromatic N) is 4. The van der Waals surface area contributed by atoms with Crippen LogP contribution in [0.5, 0.6) is 0 Å². The van der Waals surface area contributed by atoms with E-state index in [-0.39, 0.29) is 24.2 Å². The van der Waals surface area contributed by atoms with Crippen LogP contribution < -0.4 is 10.6 Å². The fraction of sp³-hybridized carbons (Fsp3) is 0.423. The summed E-state index contributed by atoms with van der Waals surface area (Å²) in [6.45, 7) is 2.88. The third-order valence-electron chi connectivity index (χ3n) is 6.70. The number of nitrogens with one attached hydrogen (secondary N) is 2. The van der Waals surface area contributed by atoms with Gasteiger partial charge in [-0.25, -0.2) is 17.9 Å². The summed E-state index contributed by atoms with van der Waals surface area (Å²) in [6, 6.07) is 5.20. The molecule has 10 heteroatoms. The predicted octanol–water partition coefficient (Wildman–Crippen LogP) is 4.42. The molecule has 0 atom stereocenters. The average molecular weight is 499 g/mol. The molecule has 2 aliphatic rings. The summed E-state index contributed by atoms with van der Waals surface area (Å²) in [5.74, 6) is -0.962. The molecule has 1 aliphatic heterocycles. The maximum absolute atomic E-state index is 14.5. The van der Waals surface area contributed by atoms with E-state index in [1.807, 2.05) is 12.3 Å². The van der Waals surface area contributed by atoms with E-state index in [0.29, 0.717) is 24.3 Å². The zero-order valence-corrected chi connectivity index (χ0v) is 20.1. The van der Waals surface area contributed by atoms with E-state index >= 15 is 0 Å². The first-order chi connectivity index (χ1) is 17.4. The van der Waals surface area contributed by atoms with Crippen LogP contribution in [0.3, 0.4) is 0 Å². The van der Waals surface area contributed by atoms with Crippen LogP contribution in [0.1, 0.15) is 41.6 Å². The Balaban J connectivity index is 1.29. The minimum Gasteiger partial charge on any atom is -0.381 e. The molecule has 2 aromatic heterocycles. The van der Waals surface area contributed by atoms with E-state index in [0.717, 1.165) is 42.5 Å². The van der Waals surface area contributed by atoms with Gasteiger partial charge in [0.05, 0.1) is 29.7 Å². The second-order valence-electron chi connectivity index (χ2n) is 9.61. The number of amides is 1. The fourth-order valence-corrected chi connectivity index (χ4v) is 4.54. The van der Waals surface area contributed by atoms with Gasteiger partial charge in [-0.15, -0.1) is 0 Å². The molecule has 1 saturated carbocycles. The number of carbonyl (C=O) groups excluding carboxylic acids is 1. The van der Waals surface area contributed by atoms with Gasteiger partial charge in [0, 0.05) is 54.9 Å². The van der Waals surface area contributed by atoms with Gasteiger partial charge < -0.3 is 10.6 Å². The Kier molecular flexibility index (Phi) is 6.95. The largest absolute Gasteiger partial charge is 0.381 e. The molecule has 2 N–H and O–H groups in total. The summed E-state index contributed by atoms with van der Waals surface area (Å²) < 4.78 is 41.4. The molecule has 3 aromatic rings. The number of rotatable bonds is 8. The molecule has 190 valence electrons. The van der Waals surface area contributed by atoms with Crippen LogP contribution in [0.2, 0.25) is 0 Å². The number of hydrogen-bond acceptors (Lipinski definition) is 5. The molecule has 1 saturated heterocycles. The van der Waals surface area contributed by atoms with Crippen molar-refractivity contribution < 1.29 is 18.0 Å². The molecule has 0 unspecified atom stereocenters. The molecule has 5 rings (SSSR count). The number of halogens is 3. The van der Waals surface area contributed by atoms with Gasteiger partial charge in [0.2, 0.25) is 0 Å². The first-order valence-electron chi connectivity index (χ1n) is 12.2. The number of carbonyl (C=O) groups is 1. The van der Waals surface area contributed by atoms with Gasteiger partial charge in [-0.1, -0.05) is 0 Å². The van der Waals surface area contributed by atoms with Gasteiger partial charge in [-0.3, -0.25) is 14.7 Å². The van der Waals surface area contributed by atoms with Crippen molar-refractivity contribution in [2.45, 2.75) is 51.1 Å². The number of pyridine rings is 1. The molecule has 1 amide bonds. The van der Waals surface area contributed by atoms with Crippen LogP contribution in [0.25, 0.3) is 16.8 Å². The summed E-state index contributed by atoms with van der Waals surface area (Å²) in [6.07, 6.45) is 8.13. The molecular formula is C26H29F3N6O. The normalized spacial score (nSPS) is 16.9. The minimum atomic E-state index is -2.30. The molecule has 0 radical (unpaired) electrons. The highest BCUT2D eigenvalue weighted by Crippen LogP contribution is 2.26. The molecule has 36 heavy (non-hydrogen) atoms. The van der Waals surface area contributed by atoms with Crippen LogP contribution in [0.15, 0.2) is 43.0 Å². The summed E-state index contributed by atoms with van der Waals surface area (Å²) in [5, 5.41) is 10.8. The third-order valence-corrected chi connectivity index (χ3v) is 6.70. The number of aromatic nitrogens is 3. The Morgan fingerprint density at radius 3 is 2.56 bits per heavy atom. The monoisotopic (exact) mass is 498 g/mol. The van der Waals surface area contributed by atoms with Gasteiger partial charge >= 0.3 is 0 Å². The van der Waals surface area contributed by atoms with Gasteiger partial charge in [0.15, 0.2) is 0 Å². The zero-order chi connectivity index (χ0) is 25.2. The van der Waals surface area contributed by atoms with Crippen molar-refractivity contribution in [1.29, 1.82) is 0 Å². The number of anilines is 1. The standard InChI is InChI=1S/C26H29F3N6O/c1-16-8-23(27)22(26(36)33-19-2-3-19)10-24(16)35-14-18(12-31-35)17-9-21(13-30-11-17)32-20-4-6-34(7-5-20)15-25(28)29/h8-14,19-20,25,32H,2-7,15H2,1H3,(H,33,36). The van der Waals surface area contributed by atoms with E-state index in [1.54, 1.807) is 35.1 Å². The number of likely N-dealkylation sites (tertiary alicyclic amines) is 1. The van der Waals surface area contributed by atoms with Crippen molar-refractivity contribution in [2.75, 3.05) is 25.0 Å². The first kappa shape index (κ1) is 24.3. The topological polar surface area (TPSA) is 75.1 Å². The number of benzene rings is 1. The summed E-state index contributed by atoms with van der Waals surface area (Å²) in [4.78, 5) is 18.6. The highest BCUT2D eigenvalue weighted by atomic mass is 19.3. The van der Waals surface area contributed by atoms with Gasteiger partial charge in [0.1, 0.15) is 5.82 Å². The molecule has 2 fully saturated rings. The van der Waals surface area contributed by atoms with Gasteiger partial charge in [-0.2, -0.15) is 5.10 Å². The summed E-state index contributed by atoms with van der Waals surface area (Å²) in [7, 11) is 0. The highest BCUT2D eigenvalue weighted by molar-refractivity contribution is 5.95. The third kappa shape index (κ3) is 5.70. The molecule has 1 aliphatic carbocycles. The predicted molar refractivity (Wildman–Crippen MR) is 131 cm³/mol. The van der Waals surface area contributed by atoms with Crippen molar-refractivity contribution in [1.82, 2.24) is 25.0 Å². The van der Waals surface area contributed by atoms with Crippen molar-refractivity contribution >= 4 is 11.6 Å². The smallest absolute Gasteiger partial charge is 0.254 e. The molecule has 1 aromatic carbocycles. The van der Waals surface area contributed by atoms with E-state index in [9.17, 15) is 18.0 Å². The second kappa shape index (κ2) is 10.3. The van der Waals surface area contributed by atoms with Crippen molar-refractivity contribution in [3.05, 3.63) is 59.9 Å². The SMILES string of the molecule is Cc1cc(F)c(C(=O)NC2CC2)cc1-n1cc(-c2cncc(NC3CCN(CC(F)F)CC3)c2)cn1. The van der Waals surface area contributed by atoms with Crippen LogP contribution in [-0.2, 0) is 0 Å². The molecular weight excluding hydrogens is 469 g/mol. The Hall–Kier alpha value is -3.40. The Bertz CT molecular complexity index is 1230. The maximum Gasteiger partial charge on any atom is 0.254 e. The number of aryl methyl sites for hydroxylation is 1. The number of alkyl halides is 2. The fourth-order valence-electron chi connectivity index (χ4n) is 4.54. The zero-order valence-electron chi connectivity index (χ0n) is 20.1. The van der Waals surface area contributed by atoms with E-state index in [1.165, 1.54) is 12.1 Å². The quantitative estimate of drug-likeness (QED) is 0.481. The van der Waals surface area contributed by atoms with Crippen LogP contribution >= 0.6 is 0 Å². The number of piperidine rings is 1. The Morgan fingerprint density at radius 2 is 1.83 bits per heavy atom. The first-order valence-corrected chi connectivity index (χ1v) is 12.2. The Labute approximate surface area is 207 Å². The summed E-state index contributed by atoms with van der Waals surface area (Å²) in [5.41, 5.74) is 3.83. The van der Waals surface area contributed by atoms with Crippen LogP contribution in [0.4, 0.5) is 18.9 Å². The summed E-state index contributed by atoms with van der Waals surface area (Å²) >= 11 is 0. The van der Waals surface area contributed by atoms with E-state index in [4.69, 9.17) is 0 Å². The molecule has 7 nitrogen and oxygen atoms in total. The lowest BCUT2D eigenvalue weighted by Crippen LogP contribution is -2.41. The lowest BCUT2D eigenvalue weighted by atomic mass is 10.0. The highest BCUT2D eigenvalue weighted by Gasteiger charge is 2.26. The van der Waals surface area contributed by atoms with Gasteiger partial charge in [0.25, 0.3) is 12.3 Å². The van der Waals surface area contributed by atoms with E-state index < -0.39 is 18.1 Å². The maximum atomic E-state index is 14.5. The van der Waals surface area contributed by atoms with Crippen molar-refractivity contribution in [3.63, 3.8) is 0 Å². The Morgan fingerprint density at radius 1 is 1.06 bits per heavy atom. The average Bonchev–Trinajstić information content (AvgIpc) is 3.52. The van der Waals surface area contributed by atoms with Crippen LogP contribution in [-0.4, -0.2) is 63.7 Å². The van der Waals surface area contributed by atoms with Crippen LogP contribution in [0, 0.1) is 12.7 Å². The lowest BCUT2D eigenvalue weighted by Gasteiger charge is -2.32. The van der Waals surface area contributed by atoms with Crippen molar-refractivity contribution in [3.8, 4) is 16.8 Å². The lowest BCUT2D eigenvalue weighted by molar-refractivity contribution is 0.0769. The molecule has 3 heterocycles. The molecule has 0 spiro atoms.